The number of hydrogen-bond donors (Lipinski definition) is 2. The van der Waals surface area contributed by atoms with E-state index >= 15 is 0 Å². The van der Waals surface area contributed by atoms with Crippen LogP contribution in [0.5, 0.6) is 0 Å². The van der Waals surface area contributed by atoms with Crippen molar-refractivity contribution in [1.29, 1.82) is 0 Å². The minimum atomic E-state index is -2.98. The molecule has 0 aliphatic carbocycles. The van der Waals surface area contributed by atoms with Crippen molar-refractivity contribution in [1.82, 2.24) is 5.43 Å². The van der Waals surface area contributed by atoms with E-state index in [9.17, 15) is 8.42 Å². The first-order valence-corrected chi connectivity index (χ1v) is 6.04. The van der Waals surface area contributed by atoms with Crippen molar-refractivity contribution in [3.05, 3.63) is 0 Å². The van der Waals surface area contributed by atoms with Crippen molar-refractivity contribution in [3.8, 4) is 0 Å². The van der Waals surface area contributed by atoms with Crippen molar-refractivity contribution < 1.29 is 8.42 Å². The first kappa shape index (κ1) is 11.9. The summed E-state index contributed by atoms with van der Waals surface area (Å²) in [6.07, 6.45) is 2.94. The summed E-state index contributed by atoms with van der Waals surface area (Å²) in [5.74, 6) is 5.24. The van der Waals surface area contributed by atoms with E-state index in [-0.39, 0.29) is 6.04 Å². The van der Waals surface area contributed by atoms with Crippen LogP contribution in [0.4, 0.5) is 0 Å². The molecule has 5 heteroatoms. The lowest BCUT2D eigenvalue weighted by atomic mass is 10.1. The van der Waals surface area contributed by atoms with Crippen molar-refractivity contribution >= 4 is 9.84 Å². The Morgan fingerprint density at radius 2 is 2.00 bits per heavy atom. The Hall–Kier alpha value is -0.130. The molecule has 0 radical (unpaired) electrons. The standard InChI is InChI=1S/C7H18N2O2S/c1-4-5-7(9-8)6(2)12(3,10)11/h6-7,9H,4-5,8H2,1-3H3. The molecule has 0 aromatic heterocycles. The summed E-state index contributed by atoms with van der Waals surface area (Å²) in [7, 11) is -2.98. The smallest absolute Gasteiger partial charge is 0.151 e. The predicted octanol–water partition coefficient (Wildman–Crippen LogP) is 0.0515. The van der Waals surface area contributed by atoms with Gasteiger partial charge in [0.1, 0.15) is 0 Å². The van der Waals surface area contributed by atoms with Crippen LogP contribution in [0.3, 0.4) is 0 Å². The number of hydrogen-bond acceptors (Lipinski definition) is 4. The number of nitrogens with one attached hydrogen (secondary N) is 1. The summed E-state index contributed by atoms with van der Waals surface area (Å²) < 4.78 is 22.2. The first-order chi connectivity index (χ1) is 5.43. The number of sulfone groups is 1. The minimum absolute atomic E-state index is 0.134. The average Bonchev–Trinajstić information content (AvgIpc) is 1.97. The molecule has 0 spiro atoms. The van der Waals surface area contributed by atoms with Crippen LogP contribution in [0.25, 0.3) is 0 Å². The van der Waals surface area contributed by atoms with E-state index in [1.54, 1.807) is 6.92 Å². The fourth-order valence-electron chi connectivity index (χ4n) is 1.06. The third-order valence-electron chi connectivity index (χ3n) is 2.06. The van der Waals surface area contributed by atoms with E-state index in [1.165, 1.54) is 6.26 Å². The molecule has 0 aromatic rings. The second kappa shape index (κ2) is 4.79. The summed E-state index contributed by atoms with van der Waals surface area (Å²) >= 11 is 0. The Balaban J connectivity index is 4.31. The van der Waals surface area contributed by atoms with Gasteiger partial charge in [-0.3, -0.25) is 11.3 Å². The zero-order chi connectivity index (χ0) is 9.78. The molecule has 0 bridgehead atoms. The van der Waals surface area contributed by atoms with Gasteiger partial charge in [0.2, 0.25) is 0 Å². The Morgan fingerprint density at radius 1 is 1.50 bits per heavy atom. The Bertz CT molecular complexity index is 213. The van der Waals surface area contributed by atoms with E-state index < -0.39 is 15.1 Å². The molecule has 2 unspecified atom stereocenters. The summed E-state index contributed by atoms with van der Waals surface area (Å²) in [5, 5.41) is -0.414. The van der Waals surface area contributed by atoms with Gasteiger partial charge in [0.25, 0.3) is 0 Å². The number of hydrazine groups is 1. The molecule has 3 N–H and O–H groups in total. The van der Waals surface area contributed by atoms with Crippen LogP contribution in [-0.4, -0.2) is 26.0 Å². The van der Waals surface area contributed by atoms with Gasteiger partial charge >= 0.3 is 0 Å². The number of nitrogens with two attached hydrogens (primary N) is 1. The van der Waals surface area contributed by atoms with Gasteiger partial charge in [-0.1, -0.05) is 13.3 Å². The minimum Gasteiger partial charge on any atom is -0.271 e. The fraction of sp³-hybridized carbons (Fsp3) is 1.00. The van der Waals surface area contributed by atoms with E-state index in [1.807, 2.05) is 6.92 Å². The zero-order valence-corrected chi connectivity index (χ0v) is 8.69. The highest BCUT2D eigenvalue weighted by molar-refractivity contribution is 7.91. The zero-order valence-electron chi connectivity index (χ0n) is 7.87. The molecular formula is C7H18N2O2S. The van der Waals surface area contributed by atoms with Gasteiger partial charge in [0, 0.05) is 12.3 Å². The highest BCUT2D eigenvalue weighted by Crippen LogP contribution is 2.08. The normalized spacial score (nSPS) is 17.3. The highest BCUT2D eigenvalue weighted by Gasteiger charge is 2.23. The Kier molecular flexibility index (Phi) is 4.74. The lowest BCUT2D eigenvalue weighted by molar-refractivity contribution is 0.466. The summed E-state index contributed by atoms with van der Waals surface area (Å²) in [6.45, 7) is 3.68. The largest absolute Gasteiger partial charge is 0.271 e. The van der Waals surface area contributed by atoms with Crippen molar-refractivity contribution in [3.63, 3.8) is 0 Å². The van der Waals surface area contributed by atoms with Crippen molar-refractivity contribution in [2.75, 3.05) is 6.26 Å². The molecule has 12 heavy (non-hydrogen) atoms. The Labute approximate surface area is 74.4 Å². The van der Waals surface area contributed by atoms with E-state index in [2.05, 4.69) is 5.43 Å². The molecular weight excluding hydrogens is 176 g/mol. The van der Waals surface area contributed by atoms with Crippen LogP contribution >= 0.6 is 0 Å². The maximum absolute atomic E-state index is 11.1. The maximum atomic E-state index is 11.1. The molecule has 74 valence electrons. The van der Waals surface area contributed by atoms with Gasteiger partial charge in [-0.15, -0.1) is 0 Å². The van der Waals surface area contributed by atoms with Gasteiger partial charge < -0.3 is 0 Å². The predicted molar refractivity (Wildman–Crippen MR) is 50.3 cm³/mol. The molecule has 0 fully saturated rings. The number of rotatable bonds is 5. The second-order valence-corrected chi connectivity index (χ2v) is 5.50. The van der Waals surface area contributed by atoms with Crippen molar-refractivity contribution in [2.45, 2.75) is 38.0 Å². The quantitative estimate of drug-likeness (QED) is 0.479. The van der Waals surface area contributed by atoms with Crippen LogP contribution < -0.4 is 11.3 Å². The monoisotopic (exact) mass is 194 g/mol. The summed E-state index contributed by atoms with van der Waals surface area (Å²) in [6, 6.07) is -0.134. The van der Waals surface area contributed by atoms with Crippen LogP contribution in [-0.2, 0) is 9.84 Å². The third kappa shape index (κ3) is 3.51. The van der Waals surface area contributed by atoms with Crippen LogP contribution in [0.2, 0.25) is 0 Å². The van der Waals surface area contributed by atoms with E-state index in [0.717, 1.165) is 12.8 Å². The molecule has 0 saturated heterocycles. The van der Waals surface area contributed by atoms with Gasteiger partial charge in [0.05, 0.1) is 5.25 Å². The van der Waals surface area contributed by atoms with Crippen LogP contribution in [0.1, 0.15) is 26.7 Å². The highest BCUT2D eigenvalue weighted by atomic mass is 32.2. The topological polar surface area (TPSA) is 72.2 Å². The van der Waals surface area contributed by atoms with E-state index in [4.69, 9.17) is 5.84 Å². The van der Waals surface area contributed by atoms with Crippen LogP contribution in [0, 0.1) is 0 Å². The molecule has 0 amide bonds. The van der Waals surface area contributed by atoms with Gasteiger partial charge in [0.15, 0.2) is 9.84 Å². The van der Waals surface area contributed by atoms with Gasteiger partial charge in [-0.05, 0) is 13.3 Å². The molecule has 0 heterocycles. The van der Waals surface area contributed by atoms with E-state index in [0.29, 0.717) is 0 Å². The average molecular weight is 194 g/mol. The SMILES string of the molecule is CCCC(NN)C(C)S(C)(=O)=O. The maximum Gasteiger partial charge on any atom is 0.151 e. The summed E-state index contributed by atoms with van der Waals surface area (Å²) in [4.78, 5) is 0. The van der Waals surface area contributed by atoms with Crippen LogP contribution in [0.15, 0.2) is 0 Å². The Morgan fingerprint density at radius 3 is 2.25 bits per heavy atom. The molecule has 0 aliphatic heterocycles. The van der Waals surface area contributed by atoms with Gasteiger partial charge in [-0.25, -0.2) is 8.42 Å². The second-order valence-electron chi connectivity index (χ2n) is 3.10. The molecule has 0 saturated carbocycles. The lowest BCUT2D eigenvalue weighted by Gasteiger charge is -2.20. The fourth-order valence-corrected chi connectivity index (χ4v) is 1.87. The third-order valence-corrected chi connectivity index (χ3v) is 3.73. The van der Waals surface area contributed by atoms with Crippen molar-refractivity contribution in [2.24, 2.45) is 5.84 Å². The first-order valence-electron chi connectivity index (χ1n) is 4.08. The molecule has 0 rings (SSSR count). The lowest BCUT2D eigenvalue weighted by Crippen LogP contribution is -2.45. The van der Waals surface area contributed by atoms with Gasteiger partial charge in [-0.2, -0.15) is 0 Å². The summed E-state index contributed by atoms with van der Waals surface area (Å²) in [5.41, 5.74) is 2.53. The molecule has 4 nitrogen and oxygen atoms in total. The molecule has 0 aliphatic rings. The molecule has 0 aromatic carbocycles. The molecule has 2 atom stereocenters.